The molecule has 1 fully saturated rings. The maximum absolute atomic E-state index is 12.0. The first-order chi connectivity index (χ1) is 8.62. The van der Waals surface area contributed by atoms with E-state index in [9.17, 15) is 8.42 Å². The first kappa shape index (κ1) is 13.1. The molecule has 8 nitrogen and oxygen atoms in total. The molecule has 0 unspecified atom stereocenters. The highest BCUT2D eigenvalue weighted by Crippen LogP contribution is 2.08. The predicted molar refractivity (Wildman–Crippen MR) is 64.3 cm³/mol. The van der Waals surface area contributed by atoms with Crippen molar-refractivity contribution in [1.29, 1.82) is 0 Å². The van der Waals surface area contributed by atoms with Crippen LogP contribution >= 0.6 is 0 Å². The van der Waals surface area contributed by atoms with Gasteiger partial charge in [-0.3, -0.25) is 0 Å². The maximum atomic E-state index is 12.0. The number of anilines is 1. The van der Waals surface area contributed by atoms with Crippen LogP contribution in [0, 0.1) is 0 Å². The van der Waals surface area contributed by atoms with Gasteiger partial charge >= 0.3 is 0 Å². The summed E-state index contributed by atoms with van der Waals surface area (Å²) in [5.74, 6) is 0.375. The van der Waals surface area contributed by atoms with Crippen molar-refractivity contribution < 1.29 is 13.2 Å². The Labute approximate surface area is 105 Å². The van der Waals surface area contributed by atoms with Gasteiger partial charge in [0.05, 0.1) is 25.6 Å². The molecular formula is C9H15N5O3S. The molecule has 0 amide bonds. The molecule has 1 aromatic heterocycles. The van der Waals surface area contributed by atoms with Gasteiger partial charge in [-0.1, -0.05) is 0 Å². The van der Waals surface area contributed by atoms with Crippen LogP contribution in [0.5, 0.6) is 0 Å². The zero-order chi connectivity index (χ0) is 13.0. The first-order valence-electron chi connectivity index (χ1n) is 5.47. The van der Waals surface area contributed by atoms with E-state index in [-0.39, 0.29) is 4.90 Å². The number of hydrogen-bond acceptors (Lipinski definition) is 7. The second kappa shape index (κ2) is 5.57. The highest BCUT2D eigenvalue weighted by atomic mass is 32.2. The number of aromatic nitrogens is 2. The third kappa shape index (κ3) is 3.13. The largest absolute Gasteiger partial charge is 0.379 e. The molecule has 0 radical (unpaired) electrons. The number of hydrazine groups is 1. The van der Waals surface area contributed by atoms with Gasteiger partial charge < -0.3 is 10.1 Å². The van der Waals surface area contributed by atoms with Crippen LogP contribution in [-0.4, -0.2) is 56.7 Å². The molecule has 1 aliphatic heterocycles. The fourth-order valence-corrected chi connectivity index (χ4v) is 2.47. The molecule has 1 aromatic rings. The molecule has 9 heteroatoms. The molecule has 0 bridgehead atoms. The number of ether oxygens (including phenoxy) is 1. The van der Waals surface area contributed by atoms with Crippen LogP contribution in [0.25, 0.3) is 0 Å². The lowest BCUT2D eigenvalue weighted by Crippen LogP contribution is -2.48. The van der Waals surface area contributed by atoms with Crippen LogP contribution in [0.15, 0.2) is 17.3 Å². The van der Waals surface area contributed by atoms with E-state index in [1.807, 2.05) is 0 Å². The summed E-state index contributed by atoms with van der Waals surface area (Å²) in [6.07, 6.45) is 2.53. The van der Waals surface area contributed by atoms with Crippen molar-refractivity contribution in [3.05, 3.63) is 12.4 Å². The summed E-state index contributed by atoms with van der Waals surface area (Å²) in [6.45, 7) is 2.07. The quantitative estimate of drug-likeness (QED) is 0.729. The van der Waals surface area contributed by atoms with Gasteiger partial charge in [0, 0.05) is 20.1 Å². The zero-order valence-corrected chi connectivity index (χ0v) is 10.8. The molecule has 2 heterocycles. The Morgan fingerprint density at radius 3 is 2.44 bits per heavy atom. The fraction of sp³-hybridized carbons (Fsp3) is 0.556. The Morgan fingerprint density at radius 1 is 1.28 bits per heavy atom. The lowest BCUT2D eigenvalue weighted by atomic mass is 10.5. The van der Waals surface area contributed by atoms with Gasteiger partial charge in [-0.2, -0.15) is 0 Å². The molecule has 2 rings (SSSR count). The summed E-state index contributed by atoms with van der Waals surface area (Å²) in [5.41, 5.74) is 0. The Hall–Kier alpha value is -1.29. The molecule has 1 aliphatic rings. The van der Waals surface area contributed by atoms with E-state index in [1.165, 1.54) is 12.4 Å². The van der Waals surface area contributed by atoms with Crippen molar-refractivity contribution >= 4 is 16.0 Å². The van der Waals surface area contributed by atoms with Crippen LogP contribution < -0.4 is 10.1 Å². The van der Waals surface area contributed by atoms with Gasteiger partial charge in [-0.25, -0.2) is 23.4 Å². The summed E-state index contributed by atoms with van der Waals surface area (Å²) in [4.78, 5) is 10.3. The minimum atomic E-state index is -3.62. The molecule has 0 spiro atoms. The minimum absolute atomic E-state index is 0.0352. The van der Waals surface area contributed by atoms with Gasteiger partial charge in [0.1, 0.15) is 4.90 Å². The molecule has 2 N–H and O–H groups in total. The highest BCUT2D eigenvalue weighted by molar-refractivity contribution is 7.89. The van der Waals surface area contributed by atoms with Crippen molar-refractivity contribution in [2.45, 2.75) is 4.90 Å². The Kier molecular flexibility index (Phi) is 4.07. The Bertz CT molecular complexity index is 483. The maximum Gasteiger partial charge on any atom is 0.256 e. The number of sulfonamides is 1. The summed E-state index contributed by atoms with van der Waals surface area (Å²) in [5, 5.41) is 4.32. The lowest BCUT2D eigenvalue weighted by molar-refractivity contribution is 0.0272. The molecule has 1 saturated heterocycles. The number of rotatable bonds is 4. The van der Waals surface area contributed by atoms with Gasteiger partial charge in [-0.05, 0) is 0 Å². The second-order valence-electron chi connectivity index (χ2n) is 3.69. The molecule has 18 heavy (non-hydrogen) atoms. The van der Waals surface area contributed by atoms with E-state index in [1.54, 1.807) is 12.1 Å². The smallest absolute Gasteiger partial charge is 0.256 e. The topological polar surface area (TPSA) is 96.5 Å². The van der Waals surface area contributed by atoms with Gasteiger partial charge in [0.2, 0.25) is 5.95 Å². The average molecular weight is 273 g/mol. The van der Waals surface area contributed by atoms with E-state index in [0.29, 0.717) is 32.3 Å². The standard InChI is InChI=1S/C9H15N5O3S/c1-10-9-11-6-8(7-12-9)18(15,16)13-14-2-4-17-5-3-14/h6-7,13H,2-5H2,1H3,(H,10,11,12). The Morgan fingerprint density at radius 2 is 1.89 bits per heavy atom. The fourth-order valence-electron chi connectivity index (χ4n) is 1.46. The summed E-state index contributed by atoms with van der Waals surface area (Å²) >= 11 is 0. The third-order valence-corrected chi connectivity index (χ3v) is 3.75. The molecule has 0 saturated carbocycles. The number of nitrogens with zero attached hydrogens (tertiary/aromatic N) is 3. The van der Waals surface area contributed by atoms with Gasteiger partial charge in [0.15, 0.2) is 0 Å². The SMILES string of the molecule is CNc1ncc(S(=O)(=O)NN2CCOCC2)cn1. The minimum Gasteiger partial charge on any atom is -0.379 e. The number of morpholine rings is 1. The van der Waals surface area contributed by atoms with E-state index < -0.39 is 10.0 Å². The van der Waals surface area contributed by atoms with Crippen LogP contribution in [0.2, 0.25) is 0 Å². The number of nitrogens with one attached hydrogen (secondary N) is 2. The van der Waals surface area contributed by atoms with Gasteiger partial charge in [0.25, 0.3) is 10.0 Å². The average Bonchev–Trinajstić information content (AvgIpc) is 2.39. The van der Waals surface area contributed by atoms with Crippen LogP contribution in [0.3, 0.4) is 0 Å². The summed E-state index contributed by atoms with van der Waals surface area (Å²) in [7, 11) is -1.96. The third-order valence-electron chi connectivity index (χ3n) is 2.42. The Balaban J connectivity index is 2.08. The van der Waals surface area contributed by atoms with Crippen molar-refractivity contribution in [3.63, 3.8) is 0 Å². The van der Waals surface area contributed by atoms with Crippen LogP contribution in [0.1, 0.15) is 0 Å². The summed E-state index contributed by atoms with van der Waals surface area (Å²) < 4.78 is 29.2. The molecule has 100 valence electrons. The normalized spacial score (nSPS) is 17.6. The molecule has 0 aromatic carbocycles. The zero-order valence-electron chi connectivity index (χ0n) is 9.96. The van der Waals surface area contributed by atoms with E-state index >= 15 is 0 Å². The van der Waals surface area contributed by atoms with E-state index in [0.717, 1.165) is 0 Å². The lowest BCUT2D eigenvalue weighted by Gasteiger charge is -2.26. The highest BCUT2D eigenvalue weighted by Gasteiger charge is 2.20. The first-order valence-corrected chi connectivity index (χ1v) is 6.95. The van der Waals surface area contributed by atoms with E-state index in [2.05, 4.69) is 20.1 Å². The monoisotopic (exact) mass is 273 g/mol. The molecule has 0 atom stereocenters. The van der Waals surface area contributed by atoms with Crippen molar-refractivity contribution in [3.8, 4) is 0 Å². The molecule has 0 aliphatic carbocycles. The van der Waals surface area contributed by atoms with Crippen molar-refractivity contribution in [2.24, 2.45) is 0 Å². The number of hydrogen-bond donors (Lipinski definition) is 2. The van der Waals surface area contributed by atoms with Gasteiger partial charge in [-0.15, -0.1) is 4.83 Å². The van der Waals surface area contributed by atoms with Crippen LogP contribution in [-0.2, 0) is 14.8 Å². The van der Waals surface area contributed by atoms with Crippen molar-refractivity contribution in [1.82, 2.24) is 19.8 Å². The summed E-state index contributed by atoms with van der Waals surface area (Å²) in [6, 6.07) is 0. The second-order valence-corrected chi connectivity index (χ2v) is 5.35. The van der Waals surface area contributed by atoms with E-state index in [4.69, 9.17) is 4.74 Å². The molecular weight excluding hydrogens is 258 g/mol. The predicted octanol–water partition coefficient (Wildman–Crippen LogP) is -0.956. The van der Waals surface area contributed by atoms with Crippen LogP contribution in [0.4, 0.5) is 5.95 Å². The van der Waals surface area contributed by atoms with Crippen molar-refractivity contribution in [2.75, 3.05) is 38.7 Å².